The Morgan fingerprint density at radius 1 is 1.00 bits per heavy atom. The number of nitrogens with one attached hydrogen (secondary N) is 1. The molecule has 0 unspecified atom stereocenters. The van der Waals surface area contributed by atoms with Crippen molar-refractivity contribution in [1.29, 1.82) is 0 Å². The molecule has 1 aliphatic rings. The molecule has 1 aliphatic heterocycles. The molecule has 1 saturated heterocycles. The molecular formula is C24H32N2O3. The summed E-state index contributed by atoms with van der Waals surface area (Å²) in [5.74, 6) is 2.22. The van der Waals surface area contributed by atoms with Gasteiger partial charge in [-0.05, 0) is 73.7 Å². The lowest BCUT2D eigenvalue weighted by molar-refractivity contribution is 0.0954. The summed E-state index contributed by atoms with van der Waals surface area (Å²) < 4.78 is 10.6. The van der Waals surface area contributed by atoms with E-state index in [9.17, 15) is 4.79 Å². The monoisotopic (exact) mass is 396 g/mol. The zero-order valence-electron chi connectivity index (χ0n) is 17.7. The van der Waals surface area contributed by atoms with E-state index >= 15 is 0 Å². The van der Waals surface area contributed by atoms with Gasteiger partial charge in [-0.1, -0.05) is 25.1 Å². The lowest BCUT2D eigenvalue weighted by Crippen LogP contribution is -2.32. The molecule has 0 aromatic heterocycles. The molecule has 3 rings (SSSR count). The molecule has 5 heteroatoms. The number of carbonyl (C=O) groups excluding carboxylic acids is 1. The fraction of sp³-hybridized carbons (Fsp3) is 0.458. The Labute approximate surface area is 174 Å². The van der Waals surface area contributed by atoms with Crippen LogP contribution in [0.25, 0.3) is 0 Å². The quantitative estimate of drug-likeness (QED) is 0.735. The first-order valence-electron chi connectivity index (χ1n) is 10.4. The number of benzene rings is 2. The van der Waals surface area contributed by atoms with Crippen molar-refractivity contribution in [3.05, 3.63) is 59.2 Å². The van der Waals surface area contributed by atoms with E-state index < -0.39 is 0 Å². The van der Waals surface area contributed by atoms with Crippen molar-refractivity contribution in [2.45, 2.75) is 32.7 Å². The number of likely N-dealkylation sites (tertiary alicyclic amines) is 1. The minimum Gasteiger partial charge on any atom is -0.493 e. The van der Waals surface area contributed by atoms with Crippen LogP contribution in [-0.2, 0) is 13.0 Å². The lowest BCUT2D eigenvalue weighted by atomic mass is 9.99. The molecule has 5 nitrogen and oxygen atoms in total. The average Bonchev–Trinajstić information content (AvgIpc) is 2.75. The first-order valence-corrected chi connectivity index (χ1v) is 10.4. The highest BCUT2D eigenvalue weighted by molar-refractivity contribution is 5.94. The second-order valence-electron chi connectivity index (χ2n) is 7.85. The number of amides is 1. The predicted molar refractivity (Wildman–Crippen MR) is 116 cm³/mol. The number of methoxy groups -OCH3 is 2. The van der Waals surface area contributed by atoms with E-state index in [1.54, 1.807) is 14.2 Å². The highest BCUT2D eigenvalue weighted by Crippen LogP contribution is 2.27. The first-order chi connectivity index (χ1) is 14.1. The van der Waals surface area contributed by atoms with Crippen molar-refractivity contribution in [2.24, 2.45) is 5.92 Å². The fourth-order valence-corrected chi connectivity index (χ4v) is 3.70. The van der Waals surface area contributed by atoms with E-state index in [1.165, 1.54) is 31.5 Å². The van der Waals surface area contributed by atoms with Crippen LogP contribution in [0, 0.1) is 5.92 Å². The van der Waals surface area contributed by atoms with Crippen molar-refractivity contribution in [1.82, 2.24) is 10.2 Å². The van der Waals surface area contributed by atoms with Crippen LogP contribution in [0.2, 0.25) is 0 Å². The second-order valence-corrected chi connectivity index (χ2v) is 7.85. The summed E-state index contributed by atoms with van der Waals surface area (Å²) in [5, 5.41) is 3.00. The van der Waals surface area contributed by atoms with Crippen LogP contribution in [0.3, 0.4) is 0 Å². The molecule has 29 heavy (non-hydrogen) atoms. The molecule has 0 saturated carbocycles. The molecule has 0 bridgehead atoms. The van der Waals surface area contributed by atoms with Gasteiger partial charge in [-0.25, -0.2) is 0 Å². The van der Waals surface area contributed by atoms with Crippen LogP contribution in [0.5, 0.6) is 11.5 Å². The summed E-state index contributed by atoms with van der Waals surface area (Å²) in [5.41, 5.74) is 3.06. The molecule has 1 heterocycles. The number of ether oxygens (including phenoxy) is 2. The third-order valence-corrected chi connectivity index (χ3v) is 5.65. The van der Waals surface area contributed by atoms with Crippen LogP contribution in [0.1, 0.15) is 41.3 Å². The van der Waals surface area contributed by atoms with E-state index in [-0.39, 0.29) is 5.91 Å². The molecule has 0 radical (unpaired) electrons. The summed E-state index contributed by atoms with van der Waals surface area (Å²) in [7, 11) is 3.24. The average molecular weight is 397 g/mol. The maximum Gasteiger partial charge on any atom is 0.251 e. The predicted octanol–water partition coefficient (Wildman–Crippen LogP) is 3.91. The molecule has 0 spiro atoms. The minimum atomic E-state index is -0.0381. The number of piperidine rings is 1. The lowest BCUT2D eigenvalue weighted by Gasteiger charge is -2.30. The number of nitrogens with zero attached hydrogens (tertiary/aromatic N) is 1. The Morgan fingerprint density at radius 2 is 1.66 bits per heavy atom. The normalized spacial score (nSPS) is 15.1. The van der Waals surface area contributed by atoms with E-state index in [2.05, 4.69) is 29.3 Å². The molecule has 0 atom stereocenters. The highest BCUT2D eigenvalue weighted by Gasteiger charge is 2.15. The first kappa shape index (κ1) is 21.2. The van der Waals surface area contributed by atoms with E-state index in [0.29, 0.717) is 23.6 Å². The minimum absolute atomic E-state index is 0.0381. The zero-order valence-corrected chi connectivity index (χ0v) is 17.7. The van der Waals surface area contributed by atoms with Crippen LogP contribution in [0.15, 0.2) is 42.5 Å². The Morgan fingerprint density at radius 3 is 2.31 bits per heavy atom. The van der Waals surface area contributed by atoms with Gasteiger partial charge >= 0.3 is 0 Å². The van der Waals surface area contributed by atoms with Crippen molar-refractivity contribution in [2.75, 3.05) is 33.9 Å². The summed E-state index contributed by atoms with van der Waals surface area (Å²) in [4.78, 5) is 14.9. The van der Waals surface area contributed by atoms with Gasteiger partial charge in [0.2, 0.25) is 0 Å². The largest absolute Gasteiger partial charge is 0.493 e. The summed E-state index contributed by atoms with van der Waals surface area (Å²) in [6, 6.07) is 13.8. The Hall–Kier alpha value is -2.53. The summed E-state index contributed by atoms with van der Waals surface area (Å²) >= 11 is 0. The van der Waals surface area contributed by atoms with Gasteiger partial charge in [-0.2, -0.15) is 0 Å². The summed E-state index contributed by atoms with van der Waals surface area (Å²) in [6.45, 7) is 6.20. The molecule has 2 aromatic carbocycles. The molecule has 1 amide bonds. The second kappa shape index (κ2) is 10.3. The fourth-order valence-electron chi connectivity index (χ4n) is 3.70. The topological polar surface area (TPSA) is 50.8 Å². The van der Waals surface area contributed by atoms with Crippen molar-refractivity contribution < 1.29 is 14.3 Å². The van der Waals surface area contributed by atoms with E-state index in [1.807, 2.05) is 30.3 Å². The Balaban J connectivity index is 1.47. The van der Waals surface area contributed by atoms with Crippen LogP contribution >= 0.6 is 0 Å². The Kier molecular flexibility index (Phi) is 7.53. The number of rotatable bonds is 8. The number of hydrogen-bond acceptors (Lipinski definition) is 4. The number of carbonyl (C=O) groups is 1. The van der Waals surface area contributed by atoms with E-state index in [4.69, 9.17) is 9.47 Å². The molecule has 1 N–H and O–H groups in total. The summed E-state index contributed by atoms with van der Waals surface area (Å²) in [6.07, 6.45) is 3.29. The molecule has 0 aliphatic carbocycles. The molecule has 156 valence electrons. The molecule has 1 fully saturated rings. The van der Waals surface area contributed by atoms with E-state index in [0.717, 1.165) is 24.4 Å². The molecular weight excluding hydrogens is 364 g/mol. The smallest absolute Gasteiger partial charge is 0.251 e. The van der Waals surface area contributed by atoms with Crippen molar-refractivity contribution in [3.8, 4) is 11.5 Å². The zero-order chi connectivity index (χ0) is 20.6. The van der Waals surface area contributed by atoms with Gasteiger partial charge in [-0.15, -0.1) is 0 Å². The highest BCUT2D eigenvalue weighted by atomic mass is 16.5. The van der Waals surface area contributed by atoms with Gasteiger partial charge in [-0.3, -0.25) is 9.69 Å². The van der Waals surface area contributed by atoms with Crippen LogP contribution < -0.4 is 14.8 Å². The molecule has 2 aromatic rings. The van der Waals surface area contributed by atoms with Gasteiger partial charge in [0, 0.05) is 18.7 Å². The number of hydrogen-bond donors (Lipinski definition) is 1. The van der Waals surface area contributed by atoms with Gasteiger partial charge < -0.3 is 14.8 Å². The third kappa shape index (κ3) is 5.97. The van der Waals surface area contributed by atoms with Crippen LogP contribution in [0.4, 0.5) is 0 Å². The standard InChI is InChI=1S/C24H32N2O3/c1-18-11-14-26(15-12-18)17-20-4-7-21(8-5-20)24(27)25-13-10-19-6-9-22(28-2)23(16-19)29-3/h4-9,16,18H,10-15,17H2,1-3H3,(H,25,27). The Bertz CT molecular complexity index is 796. The maximum atomic E-state index is 12.4. The maximum absolute atomic E-state index is 12.4. The van der Waals surface area contributed by atoms with Gasteiger partial charge in [0.05, 0.1) is 14.2 Å². The van der Waals surface area contributed by atoms with Gasteiger partial charge in [0.15, 0.2) is 11.5 Å². The van der Waals surface area contributed by atoms with Gasteiger partial charge in [0.1, 0.15) is 0 Å². The SMILES string of the molecule is COc1ccc(CCNC(=O)c2ccc(CN3CCC(C)CC3)cc2)cc1OC. The third-order valence-electron chi connectivity index (χ3n) is 5.65. The van der Waals surface area contributed by atoms with Crippen molar-refractivity contribution in [3.63, 3.8) is 0 Å². The van der Waals surface area contributed by atoms with Crippen molar-refractivity contribution >= 4 is 5.91 Å². The van der Waals surface area contributed by atoms with Crippen LogP contribution in [-0.4, -0.2) is 44.7 Å². The van der Waals surface area contributed by atoms with Gasteiger partial charge in [0.25, 0.3) is 5.91 Å².